The van der Waals surface area contributed by atoms with Gasteiger partial charge in [-0.1, -0.05) is 27.7 Å². The number of aliphatic hydroxyl groups is 1. The van der Waals surface area contributed by atoms with Gasteiger partial charge >= 0.3 is 0 Å². The molecule has 1 rings (SSSR count). The van der Waals surface area contributed by atoms with Gasteiger partial charge < -0.3 is 15.3 Å². The summed E-state index contributed by atoms with van der Waals surface area (Å²) in [6.07, 6.45) is 0.958. The van der Waals surface area contributed by atoms with Crippen LogP contribution in [0.3, 0.4) is 0 Å². The maximum absolute atomic E-state index is 10.4. The van der Waals surface area contributed by atoms with E-state index in [4.69, 9.17) is 0 Å². The fourth-order valence-electron chi connectivity index (χ4n) is 2.99. The minimum absolute atomic E-state index is 0.231. The SMILES string of the molecule is CC(C)CN(CC(C)C)C[C@H](O)CN1CCCNCC1. The Balaban J connectivity index is 2.36. The van der Waals surface area contributed by atoms with E-state index in [1.165, 1.54) is 6.42 Å². The number of nitrogens with one attached hydrogen (secondary N) is 1. The topological polar surface area (TPSA) is 38.7 Å². The van der Waals surface area contributed by atoms with Crippen molar-refractivity contribution in [1.82, 2.24) is 15.1 Å². The van der Waals surface area contributed by atoms with Gasteiger partial charge in [-0.3, -0.25) is 4.90 Å². The van der Waals surface area contributed by atoms with Crippen LogP contribution in [-0.2, 0) is 0 Å². The first-order chi connectivity index (χ1) is 9.47. The maximum Gasteiger partial charge on any atom is 0.0793 e. The van der Waals surface area contributed by atoms with Crippen LogP contribution in [0, 0.1) is 11.8 Å². The van der Waals surface area contributed by atoms with Gasteiger partial charge in [0.2, 0.25) is 0 Å². The third kappa shape index (κ3) is 8.20. The van der Waals surface area contributed by atoms with Gasteiger partial charge in [0, 0.05) is 39.3 Å². The molecule has 0 aromatic carbocycles. The molecule has 0 bridgehead atoms. The Kier molecular flexibility index (Phi) is 8.69. The molecule has 1 aliphatic heterocycles. The van der Waals surface area contributed by atoms with Crippen LogP contribution in [0.2, 0.25) is 0 Å². The van der Waals surface area contributed by atoms with Crippen LogP contribution in [0.4, 0.5) is 0 Å². The van der Waals surface area contributed by atoms with E-state index in [-0.39, 0.29) is 6.10 Å². The zero-order valence-electron chi connectivity index (χ0n) is 13.9. The lowest BCUT2D eigenvalue weighted by atomic mass is 10.1. The summed E-state index contributed by atoms with van der Waals surface area (Å²) >= 11 is 0. The normalized spacial score (nSPS) is 19.8. The maximum atomic E-state index is 10.4. The van der Waals surface area contributed by atoms with Crippen LogP contribution < -0.4 is 5.32 Å². The molecule has 0 aromatic heterocycles. The predicted octanol–water partition coefficient (Wildman–Crippen LogP) is 1.26. The van der Waals surface area contributed by atoms with E-state index >= 15 is 0 Å². The molecule has 1 fully saturated rings. The zero-order chi connectivity index (χ0) is 15.0. The van der Waals surface area contributed by atoms with E-state index in [0.29, 0.717) is 11.8 Å². The Bertz CT molecular complexity index is 228. The average Bonchev–Trinajstić information content (AvgIpc) is 2.55. The summed E-state index contributed by atoms with van der Waals surface area (Å²) in [7, 11) is 0. The number of aliphatic hydroxyl groups excluding tert-OH is 1. The lowest BCUT2D eigenvalue weighted by Crippen LogP contribution is -2.43. The second kappa shape index (κ2) is 9.72. The molecule has 0 amide bonds. The molecule has 1 heterocycles. The molecular weight excluding hydrogens is 250 g/mol. The number of hydrogen-bond donors (Lipinski definition) is 2. The van der Waals surface area contributed by atoms with Crippen molar-refractivity contribution >= 4 is 0 Å². The van der Waals surface area contributed by atoms with Crippen molar-refractivity contribution in [3.8, 4) is 0 Å². The van der Waals surface area contributed by atoms with E-state index in [0.717, 1.165) is 52.4 Å². The van der Waals surface area contributed by atoms with Gasteiger partial charge in [0.15, 0.2) is 0 Å². The predicted molar refractivity (Wildman–Crippen MR) is 86.0 cm³/mol. The molecule has 0 aliphatic carbocycles. The van der Waals surface area contributed by atoms with Crippen LogP contribution in [0.25, 0.3) is 0 Å². The molecule has 20 heavy (non-hydrogen) atoms. The molecule has 0 spiro atoms. The third-order valence-electron chi connectivity index (χ3n) is 3.62. The first kappa shape index (κ1) is 17.9. The summed E-state index contributed by atoms with van der Waals surface area (Å²) in [4.78, 5) is 4.82. The van der Waals surface area contributed by atoms with Gasteiger partial charge in [-0.25, -0.2) is 0 Å². The molecule has 4 heteroatoms. The van der Waals surface area contributed by atoms with Gasteiger partial charge in [-0.15, -0.1) is 0 Å². The quantitative estimate of drug-likeness (QED) is 0.704. The molecule has 4 nitrogen and oxygen atoms in total. The van der Waals surface area contributed by atoms with Crippen molar-refractivity contribution in [2.75, 3.05) is 52.4 Å². The number of β-amino-alcohol motifs (C(OH)–C–C–N with tert-alkyl or cyclic N) is 1. The Morgan fingerprint density at radius 2 is 1.65 bits per heavy atom. The van der Waals surface area contributed by atoms with Gasteiger partial charge in [-0.05, 0) is 31.3 Å². The van der Waals surface area contributed by atoms with Crippen LogP contribution in [0.5, 0.6) is 0 Å². The highest BCUT2D eigenvalue weighted by Gasteiger charge is 2.17. The highest BCUT2D eigenvalue weighted by Crippen LogP contribution is 2.06. The Labute approximate surface area is 125 Å². The molecule has 0 saturated carbocycles. The van der Waals surface area contributed by atoms with E-state index < -0.39 is 0 Å². The first-order valence-corrected chi connectivity index (χ1v) is 8.31. The lowest BCUT2D eigenvalue weighted by Gasteiger charge is -2.30. The summed E-state index contributed by atoms with van der Waals surface area (Å²) in [6, 6.07) is 0. The van der Waals surface area contributed by atoms with E-state index in [9.17, 15) is 5.11 Å². The van der Waals surface area contributed by atoms with Gasteiger partial charge in [0.05, 0.1) is 6.10 Å². The van der Waals surface area contributed by atoms with Crippen LogP contribution in [0.1, 0.15) is 34.1 Å². The zero-order valence-corrected chi connectivity index (χ0v) is 13.9. The summed E-state index contributed by atoms with van der Waals surface area (Å²) < 4.78 is 0. The summed E-state index contributed by atoms with van der Waals surface area (Å²) in [6.45, 7) is 17.1. The standard InChI is InChI=1S/C16H35N3O/c1-14(2)10-19(11-15(3)4)13-16(20)12-18-8-5-6-17-7-9-18/h14-17,20H,5-13H2,1-4H3/t16-/m1/s1. The van der Waals surface area contributed by atoms with E-state index in [2.05, 4.69) is 42.8 Å². The smallest absolute Gasteiger partial charge is 0.0793 e. The number of rotatable bonds is 8. The molecule has 0 radical (unpaired) electrons. The minimum atomic E-state index is -0.231. The van der Waals surface area contributed by atoms with Crippen molar-refractivity contribution in [2.24, 2.45) is 11.8 Å². The highest BCUT2D eigenvalue weighted by molar-refractivity contribution is 4.73. The fourth-order valence-corrected chi connectivity index (χ4v) is 2.99. The number of nitrogens with zero attached hydrogens (tertiary/aromatic N) is 2. The molecule has 1 aliphatic rings. The van der Waals surface area contributed by atoms with Crippen LogP contribution in [0.15, 0.2) is 0 Å². The molecular formula is C16H35N3O. The van der Waals surface area contributed by atoms with Crippen molar-refractivity contribution < 1.29 is 5.11 Å². The summed E-state index contributed by atoms with van der Waals surface area (Å²) in [5.74, 6) is 1.31. The van der Waals surface area contributed by atoms with Gasteiger partial charge in [0.25, 0.3) is 0 Å². The molecule has 1 saturated heterocycles. The van der Waals surface area contributed by atoms with Gasteiger partial charge in [-0.2, -0.15) is 0 Å². The molecule has 1 atom stereocenters. The van der Waals surface area contributed by atoms with Gasteiger partial charge in [0.1, 0.15) is 0 Å². The minimum Gasteiger partial charge on any atom is -0.390 e. The summed E-state index contributed by atoms with van der Waals surface area (Å²) in [5.41, 5.74) is 0. The third-order valence-corrected chi connectivity index (χ3v) is 3.62. The molecule has 0 unspecified atom stereocenters. The molecule has 2 N–H and O–H groups in total. The van der Waals surface area contributed by atoms with Crippen LogP contribution >= 0.6 is 0 Å². The summed E-state index contributed by atoms with van der Waals surface area (Å²) in [5, 5.41) is 13.8. The first-order valence-electron chi connectivity index (χ1n) is 8.31. The lowest BCUT2D eigenvalue weighted by molar-refractivity contribution is 0.0672. The average molecular weight is 285 g/mol. The van der Waals surface area contributed by atoms with E-state index in [1.807, 2.05) is 0 Å². The van der Waals surface area contributed by atoms with Crippen molar-refractivity contribution in [3.05, 3.63) is 0 Å². The van der Waals surface area contributed by atoms with E-state index in [1.54, 1.807) is 0 Å². The van der Waals surface area contributed by atoms with Crippen molar-refractivity contribution in [2.45, 2.75) is 40.2 Å². The second-order valence-corrected chi connectivity index (χ2v) is 7.06. The monoisotopic (exact) mass is 285 g/mol. The van der Waals surface area contributed by atoms with Crippen molar-refractivity contribution in [3.63, 3.8) is 0 Å². The largest absolute Gasteiger partial charge is 0.390 e. The highest BCUT2D eigenvalue weighted by atomic mass is 16.3. The van der Waals surface area contributed by atoms with Crippen molar-refractivity contribution in [1.29, 1.82) is 0 Å². The fraction of sp³-hybridized carbons (Fsp3) is 1.00. The molecule has 120 valence electrons. The Hall–Kier alpha value is -0.160. The number of hydrogen-bond acceptors (Lipinski definition) is 4. The Morgan fingerprint density at radius 3 is 2.25 bits per heavy atom. The molecule has 0 aromatic rings. The van der Waals surface area contributed by atoms with Crippen LogP contribution in [-0.4, -0.2) is 73.4 Å². The second-order valence-electron chi connectivity index (χ2n) is 7.06. The Morgan fingerprint density at radius 1 is 1.00 bits per heavy atom.